The van der Waals surface area contributed by atoms with Crippen molar-refractivity contribution in [2.24, 2.45) is 16.7 Å². The SMILES string of the molecule is CCc1cnc(NC(=O)C2C(C)(C)C2(C)C)cc1CN1CCOCC1. The Morgan fingerprint density at radius 3 is 2.44 bits per heavy atom. The second kappa shape index (κ2) is 6.69. The van der Waals surface area contributed by atoms with E-state index in [2.05, 4.69) is 55.9 Å². The lowest BCUT2D eigenvalue weighted by atomic mass is 10.0. The molecule has 1 amide bonds. The Labute approximate surface area is 151 Å². The minimum Gasteiger partial charge on any atom is -0.379 e. The van der Waals surface area contributed by atoms with Gasteiger partial charge in [-0.25, -0.2) is 4.98 Å². The van der Waals surface area contributed by atoms with Crippen LogP contribution in [0.3, 0.4) is 0 Å². The van der Waals surface area contributed by atoms with Crippen LogP contribution < -0.4 is 5.32 Å². The van der Waals surface area contributed by atoms with E-state index < -0.39 is 0 Å². The van der Waals surface area contributed by atoms with Crippen molar-refractivity contribution in [2.75, 3.05) is 31.6 Å². The standard InChI is InChI=1S/C20H31N3O2/c1-6-14-12-21-16(11-15(14)13-23-7-9-25-10-8-23)22-18(24)17-19(2,3)20(17,4)5/h11-12,17H,6-10,13H2,1-5H3,(H,21,22,24). The number of aromatic nitrogens is 1. The van der Waals surface area contributed by atoms with Crippen LogP contribution in [0.2, 0.25) is 0 Å². The highest BCUT2D eigenvalue weighted by atomic mass is 16.5. The number of ether oxygens (including phenoxy) is 1. The van der Waals surface area contributed by atoms with Gasteiger partial charge in [-0.05, 0) is 34.4 Å². The first-order chi connectivity index (χ1) is 11.8. The Bertz CT molecular complexity index is 634. The van der Waals surface area contributed by atoms with Gasteiger partial charge in [-0.15, -0.1) is 0 Å². The molecule has 1 saturated heterocycles. The molecule has 1 aromatic rings. The van der Waals surface area contributed by atoms with E-state index in [1.807, 2.05) is 6.20 Å². The molecule has 2 fully saturated rings. The van der Waals surface area contributed by atoms with Gasteiger partial charge >= 0.3 is 0 Å². The van der Waals surface area contributed by atoms with Gasteiger partial charge in [-0.1, -0.05) is 34.6 Å². The van der Waals surface area contributed by atoms with E-state index in [4.69, 9.17) is 4.74 Å². The highest BCUT2D eigenvalue weighted by molar-refractivity contribution is 5.95. The Kier molecular flexibility index (Phi) is 4.91. The van der Waals surface area contributed by atoms with Crippen molar-refractivity contribution in [1.29, 1.82) is 0 Å². The van der Waals surface area contributed by atoms with Crippen LogP contribution in [-0.4, -0.2) is 42.1 Å². The molecule has 138 valence electrons. The van der Waals surface area contributed by atoms with E-state index in [1.54, 1.807) is 0 Å². The van der Waals surface area contributed by atoms with Crippen LogP contribution in [-0.2, 0) is 22.5 Å². The summed E-state index contributed by atoms with van der Waals surface area (Å²) in [6, 6.07) is 2.05. The smallest absolute Gasteiger partial charge is 0.229 e. The Morgan fingerprint density at radius 1 is 1.24 bits per heavy atom. The molecular formula is C20H31N3O2. The van der Waals surface area contributed by atoms with Crippen molar-refractivity contribution in [1.82, 2.24) is 9.88 Å². The summed E-state index contributed by atoms with van der Waals surface area (Å²) in [5.74, 6) is 0.795. The van der Waals surface area contributed by atoms with Gasteiger partial charge in [0.15, 0.2) is 0 Å². The molecule has 1 N–H and O–H groups in total. The molecule has 2 aliphatic rings. The number of nitrogens with zero attached hydrogens (tertiary/aromatic N) is 2. The molecule has 0 aromatic carbocycles. The monoisotopic (exact) mass is 345 g/mol. The first-order valence-electron chi connectivity index (χ1n) is 9.36. The van der Waals surface area contributed by atoms with E-state index in [0.29, 0.717) is 5.82 Å². The molecule has 0 unspecified atom stereocenters. The third-order valence-electron chi connectivity index (χ3n) is 6.50. The van der Waals surface area contributed by atoms with Gasteiger partial charge in [-0.2, -0.15) is 0 Å². The number of carbonyl (C=O) groups excluding carboxylic acids is 1. The van der Waals surface area contributed by atoms with Crippen molar-refractivity contribution in [3.63, 3.8) is 0 Å². The summed E-state index contributed by atoms with van der Waals surface area (Å²) in [5, 5.41) is 3.05. The summed E-state index contributed by atoms with van der Waals surface area (Å²) in [6.07, 6.45) is 2.86. The maximum Gasteiger partial charge on any atom is 0.229 e. The summed E-state index contributed by atoms with van der Waals surface area (Å²) in [5.41, 5.74) is 2.58. The molecule has 1 aliphatic carbocycles. The van der Waals surface area contributed by atoms with Crippen LogP contribution in [0.5, 0.6) is 0 Å². The van der Waals surface area contributed by atoms with E-state index >= 15 is 0 Å². The highest BCUT2D eigenvalue weighted by Gasteiger charge is 2.68. The van der Waals surface area contributed by atoms with Crippen LogP contribution in [0.15, 0.2) is 12.3 Å². The van der Waals surface area contributed by atoms with Crippen LogP contribution in [0, 0.1) is 16.7 Å². The Balaban J connectivity index is 1.72. The van der Waals surface area contributed by atoms with E-state index in [9.17, 15) is 4.79 Å². The van der Waals surface area contributed by atoms with E-state index in [1.165, 1.54) is 11.1 Å². The summed E-state index contributed by atoms with van der Waals surface area (Å²) < 4.78 is 5.43. The number of rotatable bonds is 5. The molecule has 25 heavy (non-hydrogen) atoms. The zero-order valence-electron chi connectivity index (χ0n) is 16.2. The Hall–Kier alpha value is -1.46. The molecule has 0 atom stereocenters. The second-order valence-corrected chi connectivity index (χ2v) is 8.45. The van der Waals surface area contributed by atoms with Crippen LogP contribution >= 0.6 is 0 Å². The largest absolute Gasteiger partial charge is 0.379 e. The Morgan fingerprint density at radius 2 is 1.88 bits per heavy atom. The molecule has 2 heterocycles. The number of hydrogen-bond donors (Lipinski definition) is 1. The number of aryl methyl sites for hydroxylation is 1. The second-order valence-electron chi connectivity index (χ2n) is 8.45. The minimum atomic E-state index is 0.0374. The molecule has 3 rings (SSSR count). The van der Waals surface area contributed by atoms with Gasteiger partial charge in [0.2, 0.25) is 5.91 Å². The molecule has 5 heteroatoms. The van der Waals surface area contributed by atoms with Gasteiger partial charge in [0.1, 0.15) is 5.82 Å². The van der Waals surface area contributed by atoms with Gasteiger partial charge in [-0.3, -0.25) is 9.69 Å². The topological polar surface area (TPSA) is 54.5 Å². The van der Waals surface area contributed by atoms with Gasteiger partial charge in [0.25, 0.3) is 0 Å². The summed E-state index contributed by atoms with van der Waals surface area (Å²) in [4.78, 5) is 19.6. The van der Waals surface area contributed by atoms with Crippen molar-refractivity contribution in [3.05, 3.63) is 23.4 Å². The molecule has 1 saturated carbocycles. The number of nitrogens with one attached hydrogen (secondary N) is 1. The number of anilines is 1. The number of hydrogen-bond acceptors (Lipinski definition) is 4. The molecule has 0 bridgehead atoms. The number of amides is 1. The fourth-order valence-corrected chi connectivity index (χ4v) is 4.11. The summed E-state index contributed by atoms with van der Waals surface area (Å²) in [7, 11) is 0. The first kappa shape index (κ1) is 18.3. The van der Waals surface area contributed by atoms with Crippen LogP contribution in [0.25, 0.3) is 0 Å². The van der Waals surface area contributed by atoms with Crippen molar-refractivity contribution in [2.45, 2.75) is 47.6 Å². The average Bonchev–Trinajstić information content (AvgIpc) is 2.98. The lowest BCUT2D eigenvalue weighted by Crippen LogP contribution is -2.36. The number of pyridine rings is 1. The third kappa shape index (κ3) is 3.44. The van der Waals surface area contributed by atoms with Crippen LogP contribution in [0.1, 0.15) is 45.7 Å². The van der Waals surface area contributed by atoms with Gasteiger partial charge < -0.3 is 10.1 Å². The predicted molar refractivity (Wildman–Crippen MR) is 99.4 cm³/mol. The number of morpholine rings is 1. The zero-order chi connectivity index (χ0) is 18.2. The zero-order valence-corrected chi connectivity index (χ0v) is 16.2. The molecular weight excluding hydrogens is 314 g/mol. The quantitative estimate of drug-likeness (QED) is 0.891. The highest BCUT2D eigenvalue weighted by Crippen LogP contribution is 2.68. The molecule has 0 spiro atoms. The normalized spacial score (nSPS) is 22.6. The van der Waals surface area contributed by atoms with Crippen LogP contribution in [0.4, 0.5) is 5.82 Å². The molecule has 1 aromatic heterocycles. The summed E-state index contributed by atoms with van der Waals surface area (Å²) in [6.45, 7) is 15.2. The molecule has 0 radical (unpaired) electrons. The average molecular weight is 345 g/mol. The minimum absolute atomic E-state index is 0.0374. The fourth-order valence-electron chi connectivity index (χ4n) is 4.11. The van der Waals surface area contributed by atoms with Crippen molar-refractivity contribution in [3.8, 4) is 0 Å². The first-order valence-corrected chi connectivity index (χ1v) is 9.36. The summed E-state index contributed by atoms with van der Waals surface area (Å²) >= 11 is 0. The third-order valence-corrected chi connectivity index (χ3v) is 6.50. The van der Waals surface area contributed by atoms with Crippen molar-refractivity contribution >= 4 is 11.7 Å². The maximum absolute atomic E-state index is 12.7. The van der Waals surface area contributed by atoms with Gasteiger partial charge in [0.05, 0.1) is 13.2 Å². The number of carbonyl (C=O) groups is 1. The van der Waals surface area contributed by atoms with E-state index in [-0.39, 0.29) is 22.7 Å². The lowest BCUT2D eigenvalue weighted by Gasteiger charge is -2.27. The lowest BCUT2D eigenvalue weighted by molar-refractivity contribution is -0.118. The maximum atomic E-state index is 12.7. The molecule has 5 nitrogen and oxygen atoms in total. The predicted octanol–water partition coefficient (Wildman–Crippen LogP) is 3.10. The van der Waals surface area contributed by atoms with Crippen molar-refractivity contribution < 1.29 is 9.53 Å². The fraction of sp³-hybridized carbons (Fsp3) is 0.700. The van der Waals surface area contributed by atoms with Gasteiger partial charge in [0, 0.05) is 31.7 Å². The molecule has 1 aliphatic heterocycles. The van der Waals surface area contributed by atoms with E-state index in [0.717, 1.165) is 39.3 Å².